The Kier molecular flexibility index (Phi) is 13.7. The molecule has 5 N–H and O–H groups in total. The molecular formula is C31H43N4O11PS. The van der Waals surface area contributed by atoms with Gasteiger partial charge >= 0.3 is 25.8 Å². The van der Waals surface area contributed by atoms with Gasteiger partial charge in [-0.2, -0.15) is 4.72 Å². The second kappa shape index (κ2) is 16.3. The average molecular weight is 711 g/mol. The zero-order valence-electron chi connectivity index (χ0n) is 28.0. The molecule has 48 heavy (non-hydrogen) atoms. The second-order valence-electron chi connectivity index (χ2n) is 12.8. The SMILES string of the molecule is CC(C)C(NS(=O)(=O)C=Cc1ccccc1)P(=O)(O)OC(C(=O)O)c1cccc(N=C(NC(=O)OC(C)(C)C)NC(=O)OC(C)(C)C)c1. The van der Waals surface area contributed by atoms with Crippen LogP contribution in [0.2, 0.25) is 0 Å². The van der Waals surface area contributed by atoms with Crippen molar-refractivity contribution >= 4 is 53.5 Å². The van der Waals surface area contributed by atoms with Gasteiger partial charge in [-0.3, -0.25) is 19.7 Å². The number of hydrogen-bond donors (Lipinski definition) is 5. The Labute approximate surface area is 280 Å². The molecule has 0 aliphatic heterocycles. The van der Waals surface area contributed by atoms with Crippen LogP contribution in [-0.2, 0) is 33.4 Å². The Balaban J connectivity index is 2.42. The molecule has 2 rings (SSSR count). The molecule has 3 atom stereocenters. The third-order valence-corrected chi connectivity index (χ3v) is 8.83. The summed E-state index contributed by atoms with van der Waals surface area (Å²) in [6, 6.07) is 13.7. The van der Waals surface area contributed by atoms with Gasteiger partial charge < -0.3 is 19.5 Å². The molecule has 2 aromatic carbocycles. The Bertz CT molecular complexity index is 1630. The van der Waals surface area contributed by atoms with Gasteiger partial charge in [0.1, 0.15) is 17.0 Å². The molecule has 15 nitrogen and oxygen atoms in total. The van der Waals surface area contributed by atoms with Gasteiger partial charge in [0.05, 0.1) is 5.69 Å². The maximum Gasteiger partial charge on any atom is 0.414 e. The van der Waals surface area contributed by atoms with Crippen molar-refractivity contribution in [2.75, 3.05) is 0 Å². The minimum Gasteiger partial charge on any atom is -0.479 e. The zero-order chi connectivity index (χ0) is 36.5. The molecule has 0 aromatic heterocycles. The van der Waals surface area contributed by atoms with Crippen LogP contribution in [0.4, 0.5) is 15.3 Å². The summed E-state index contributed by atoms with van der Waals surface area (Å²) in [5.41, 5.74) is -1.42. The standard InChI is InChI=1S/C31H43N4O11PS/c1-20(2)25(35-48(42,43)18-17-21-13-10-9-11-14-21)47(40,41)46-24(26(36)37)22-15-12-16-23(19-22)32-27(33-28(38)44-30(3,4)5)34-29(39)45-31(6,7)8/h9-20,24-25,35H,1-8H3,(H,36,37)(H,40,41)(H2,32,33,34,38,39). The molecule has 2 amide bonds. The van der Waals surface area contributed by atoms with E-state index in [1.807, 2.05) is 0 Å². The fraction of sp³-hybridized carbons (Fsp3) is 0.419. The third kappa shape index (κ3) is 14.4. The predicted octanol–water partition coefficient (Wildman–Crippen LogP) is 5.62. The summed E-state index contributed by atoms with van der Waals surface area (Å²) in [5, 5.41) is 15.4. The van der Waals surface area contributed by atoms with Crippen molar-refractivity contribution in [1.82, 2.24) is 15.4 Å². The highest BCUT2D eigenvalue weighted by atomic mass is 32.2. The molecule has 0 aliphatic carbocycles. The van der Waals surface area contributed by atoms with E-state index in [1.54, 1.807) is 71.9 Å². The summed E-state index contributed by atoms with van der Waals surface area (Å²) >= 11 is 0. The average Bonchev–Trinajstić information content (AvgIpc) is 2.92. The van der Waals surface area contributed by atoms with Crippen LogP contribution in [0.25, 0.3) is 6.08 Å². The van der Waals surface area contributed by atoms with E-state index in [1.165, 1.54) is 44.2 Å². The number of benzene rings is 2. The summed E-state index contributed by atoms with van der Waals surface area (Å²) in [6.07, 6.45) is -2.72. The van der Waals surface area contributed by atoms with Gasteiger partial charge in [0.2, 0.25) is 16.0 Å². The van der Waals surface area contributed by atoms with Crippen LogP contribution in [0.1, 0.15) is 72.6 Å². The fourth-order valence-corrected chi connectivity index (χ4v) is 7.15. The van der Waals surface area contributed by atoms with Crippen LogP contribution in [0.15, 0.2) is 65.0 Å². The Hall–Kier alpha value is -4.08. The van der Waals surface area contributed by atoms with E-state index < -0.39 is 70.7 Å². The number of hydrogen-bond acceptors (Lipinski definition) is 10. The number of guanidine groups is 1. The molecule has 3 unspecified atom stereocenters. The molecule has 0 heterocycles. The first-order valence-electron chi connectivity index (χ1n) is 14.6. The van der Waals surface area contributed by atoms with Gasteiger partial charge in [-0.05, 0) is 76.8 Å². The lowest BCUT2D eigenvalue weighted by Gasteiger charge is -2.28. The number of aliphatic imine (C=N–C) groups is 1. The number of carbonyl (C=O) groups is 3. The molecule has 0 saturated heterocycles. The van der Waals surface area contributed by atoms with Gasteiger partial charge in [0, 0.05) is 5.41 Å². The largest absolute Gasteiger partial charge is 0.479 e. The number of alkyl carbamates (subject to hydrolysis) is 2. The van der Waals surface area contributed by atoms with Crippen LogP contribution in [-0.4, -0.2) is 59.5 Å². The lowest BCUT2D eigenvalue weighted by atomic mass is 10.1. The predicted molar refractivity (Wildman–Crippen MR) is 180 cm³/mol. The van der Waals surface area contributed by atoms with Crippen LogP contribution < -0.4 is 15.4 Å². The molecule has 17 heteroatoms. The van der Waals surface area contributed by atoms with E-state index in [4.69, 9.17) is 14.0 Å². The molecule has 0 bridgehead atoms. The Morgan fingerprint density at radius 3 is 1.92 bits per heavy atom. The summed E-state index contributed by atoms with van der Waals surface area (Å²) < 4.78 is 56.9. The normalized spacial score (nSPS) is 14.8. The van der Waals surface area contributed by atoms with E-state index >= 15 is 0 Å². The van der Waals surface area contributed by atoms with Gasteiger partial charge in [0.15, 0.2) is 6.10 Å². The lowest BCUT2D eigenvalue weighted by molar-refractivity contribution is -0.145. The van der Waals surface area contributed by atoms with E-state index in [2.05, 4.69) is 20.3 Å². The second-order valence-corrected chi connectivity index (χ2v) is 16.3. The molecule has 0 fully saturated rings. The lowest BCUT2D eigenvalue weighted by Crippen LogP contribution is -2.47. The maximum absolute atomic E-state index is 13.5. The topological polar surface area (TPSA) is 219 Å². The minimum atomic E-state index is -5.03. The zero-order valence-corrected chi connectivity index (χ0v) is 29.7. The first-order valence-corrected chi connectivity index (χ1v) is 17.8. The minimum absolute atomic E-state index is 0.0237. The number of carbonyl (C=O) groups excluding carboxylic acids is 2. The molecule has 0 spiro atoms. The summed E-state index contributed by atoms with van der Waals surface area (Å²) in [6.45, 7) is 12.6. The number of nitrogens with one attached hydrogen (secondary N) is 3. The van der Waals surface area contributed by atoms with Crippen molar-refractivity contribution < 1.29 is 51.4 Å². The van der Waals surface area contributed by atoms with Crippen LogP contribution in [0, 0.1) is 5.92 Å². The number of carboxylic acid groups (broad SMARTS) is 1. The third-order valence-electron chi connectivity index (χ3n) is 5.64. The van der Waals surface area contributed by atoms with Crippen molar-refractivity contribution in [3.8, 4) is 0 Å². The van der Waals surface area contributed by atoms with Crippen molar-refractivity contribution in [3.63, 3.8) is 0 Å². The first-order chi connectivity index (χ1) is 22.0. The van der Waals surface area contributed by atoms with E-state index in [0.717, 1.165) is 5.41 Å². The number of carboxylic acids is 1. The van der Waals surface area contributed by atoms with Crippen LogP contribution in [0.3, 0.4) is 0 Å². The highest BCUT2D eigenvalue weighted by Gasteiger charge is 2.41. The van der Waals surface area contributed by atoms with Crippen molar-refractivity contribution in [2.24, 2.45) is 10.9 Å². The van der Waals surface area contributed by atoms with Crippen LogP contribution >= 0.6 is 7.60 Å². The van der Waals surface area contributed by atoms with Gasteiger partial charge in [-0.1, -0.05) is 56.3 Å². The fourth-order valence-electron chi connectivity index (χ4n) is 3.76. The molecule has 0 saturated carbocycles. The Morgan fingerprint density at radius 1 is 0.896 bits per heavy atom. The monoisotopic (exact) mass is 710 g/mol. The molecular weight excluding hydrogens is 667 g/mol. The number of aliphatic carboxylic acids is 1. The first kappa shape index (κ1) is 40.1. The maximum atomic E-state index is 13.5. The van der Waals surface area contributed by atoms with E-state index in [0.29, 0.717) is 5.56 Å². The molecule has 2 aromatic rings. The van der Waals surface area contributed by atoms with E-state index in [-0.39, 0.29) is 11.3 Å². The molecule has 0 aliphatic rings. The van der Waals surface area contributed by atoms with Crippen LogP contribution in [0.5, 0.6) is 0 Å². The van der Waals surface area contributed by atoms with Crippen molar-refractivity contribution in [1.29, 1.82) is 0 Å². The van der Waals surface area contributed by atoms with Gasteiger partial charge in [0.25, 0.3) is 0 Å². The van der Waals surface area contributed by atoms with Crippen molar-refractivity contribution in [3.05, 3.63) is 71.1 Å². The van der Waals surface area contributed by atoms with Crippen molar-refractivity contribution in [2.45, 2.75) is 78.5 Å². The highest BCUT2D eigenvalue weighted by molar-refractivity contribution is 7.92. The molecule has 0 radical (unpaired) electrons. The smallest absolute Gasteiger partial charge is 0.414 e. The quantitative estimate of drug-likeness (QED) is 0.109. The summed E-state index contributed by atoms with van der Waals surface area (Å²) in [5.74, 6) is -4.65. The van der Waals surface area contributed by atoms with Gasteiger partial charge in [-0.25, -0.2) is 27.8 Å². The summed E-state index contributed by atoms with van der Waals surface area (Å²) in [7, 11) is -9.32. The molecule has 264 valence electrons. The number of ether oxygens (including phenoxy) is 2. The van der Waals surface area contributed by atoms with E-state index in [9.17, 15) is 37.4 Å². The van der Waals surface area contributed by atoms with Gasteiger partial charge in [-0.15, -0.1) is 0 Å². The Morgan fingerprint density at radius 2 is 1.44 bits per heavy atom. The summed E-state index contributed by atoms with van der Waals surface area (Å²) in [4.78, 5) is 52.3. The number of sulfonamides is 1. The number of rotatable bonds is 11. The highest BCUT2D eigenvalue weighted by Crippen LogP contribution is 2.53. The number of nitrogens with zero attached hydrogens (tertiary/aromatic N) is 1. The number of amides is 2.